The van der Waals surface area contributed by atoms with Crippen molar-refractivity contribution < 1.29 is 9.53 Å². The van der Waals surface area contributed by atoms with Crippen LogP contribution in [0.4, 0.5) is 5.69 Å². The molecule has 0 fully saturated rings. The monoisotopic (exact) mass is 403 g/mol. The van der Waals surface area contributed by atoms with Gasteiger partial charge in [-0.25, -0.2) is 4.98 Å². The number of fused-ring (bicyclic) bond motifs is 1. The van der Waals surface area contributed by atoms with Gasteiger partial charge in [-0.15, -0.1) is 0 Å². The number of hydrogen-bond acceptors (Lipinski definition) is 4. The van der Waals surface area contributed by atoms with Crippen LogP contribution in [0.5, 0.6) is 5.75 Å². The fourth-order valence-electron chi connectivity index (χ4n) is 3.22. The Balaban J connectivity index is 1.50. The zero-order chi connectivity index (χ0) is 20.2. The van der Waals surface area contributed by atoms with Crippen LogP contribution in [-0.4, -0.2) is 28.3 Å². The number of amides is 1. The summed E-state index contributed by atoms with van der Waals surface area (Å²) in [7, 11) is 1.65. The van der Waals surface area contributed by atoms with Gasteiger partial charge in [-0.2, -0.15) is 0 Å². The summed E-state index contributed by atoms with van der Waals surface area (Å²) in [5.41, 5.74) is 2.85. The van der Waals surface area contributed by atoms with Crippen molar-refractivity contribution in [2.45, 2.75) is 12.1 Å². The number of aromatic nitrogens is 2. The van der Waals surface area contributed by atoms with E-state index in [1.807, 2.05) is 78.4 Å². The van der Waals surface area contributed by atoms with Crippen LogP contribution in [0.3, 0.4) is 0 Å². The van der Waals surface area contributed by atoms with Crippen LogP contribution in [0.25, 0.3) is 16.5 Å². The zero-order valence-corrected chi connectivity index (χ0v) is 17.1. The molecular formula is C23H21N3O2S. The molecule has 1 N–H and O–H groups in total. The molecule has 146 valence electrons. The van der Waals surface area contributed by atoms with Crippen LogP contribution in [0.2, 0.25) is 0 Å². The molecule has 3 aromatic carbocycles. The molecule has 1 heterocycles. The second-order valence-electron chi connectivity index (χ2n) is 6.62. The second kappa shape index (κ2) is 8.41. The first-order valence-electron chi connectivity index (χ1n) is 9.24. The molecule has 4 rings (SSSR count). The maximum atomic E-state index is 12.6. The first-order valence-corrected chi connectivity index (χ1v) is 10.2. The number of imidazole rings is 1. The number of aryl methyl sites for hydroxylation is 1. The number of benzene rings is 3. The number of thioether (sulfide) groups is 1. The van der Waals surface area contributed by atoms with Gasteiger partial charge in [-0.05, 0) is 36.1 Å². The molecule has 0 saturated carbocycles. The Bertz CT molecular complexity index is 1160. The molecule has 4 aromatic rings. The first-order chi connectivity index (χ1) is 14.2. The van der Waals surface area contributed by atoms with Crippen molar-refractivity contribution in [3.8, 4) is 11.4 Å². The van der Waals surface area contributed by atoms with E-state index in [0.29, 0.717) is 0 Å². The smallest absolute Gasteiger partial charge is 0.234 e. The maximum absolute atomic E-state index is 12.6. The lowest BCUT2D eigenvalue weighted by Gasteiger charge is -2.13. The van der Waals surface area contributed by atoms with E-state index >= 15 is 0 Å². The van der Waals surface area contributed by atoms with Crippen molar-refractivity contribution in [2.75, 3.05) is 18.2 Å². The van der Waals surface area contributed by atoms with E-state index in [-0.39, 0.29) is 11.7 Å². The maximum Gasteiger partial charge on any atom is 0.234 e. The van der Waals surface area contributed by atoms with E-state index in [0.717, 1.165) is 38.6 Å². The third kappa shape index (κ3) is 4.12. The lowest BCUT2D eigenvalue weighted by molar-refractivity contribution is -0.113. The van der Waals surface area contributed by atoms with E-state index in [9.17, 15) is 4.79 Å². The van der Waals surface area contributed by atoms with Gasteiger partial charge in [0.15, 0.2) is 5.16 Å². The highest BCUT2D eigenvalue weighted by Crippen LogP contribution is 2.29. The normalized spacial score (nSPS) is 10.8. The van der Waals surface area contributed by atoms with Crippen LogP contribution < -0.4 is 10.1 Å². The standard InChI is InChI=1S/C23H21N3O2S/c1-16-10-11-21(28-2)20(14-16)26-13-12-24-23(26)29-15-22(27)25-19-9-5-7-17-6-3-4-8-18(17)19/h3-14H,15H2,1-2H3,(H,25,27). The largest absolute Gasteiger partial charge is 0.495 e. The summed E-state index contributed by atoms with van der Waals surface area (Å²) in [5.74, 6) is 0.946. The molecule has 0 saturated heterocycles. The molecule has 5 nitrogen and oxygen atoms in total. The molecule has 0 aliphatic rings. The van der Waals surface area contributed by atoms with Crippen molar-refractivity contribution in [3.05, 3.63) is 78.6 Å². The lowest BCUT2D eigenvalue weighted by Crippen LogP contribution is -2.14. The molecule has 0 aliphatic carbocycles. The average Bonchev–Trinajstić information content (AvgIpc) is 3.21. The van der Waals surface area contributed by atoms with Crippen LogP contribution >= 0.6 is 11.8 Å². The Hall–Kier alpha value is -3.25. The molecular weight excluding hydrogens is 382 g/mol. The van der Waals surface area contributed by atoms with Gasteiger partial charge in [-0.1, -0.05) is 54.2 Å². The summed E-state index contributed by atoms with van der Waals surface area (Å²) in [4.78, 5) is 17.0. The quantitative estimate of drug-likeness (QED) is 0.457. The highest BCUT2D eigenvalue weighted by atomic mass is 32.2. The molecule has 1 aromatic heterocycles. The third-order valence-electron chi connectivity index (χ3n) is 4.60. The minimum absolute atomic E-state index is 0.0721. The molecule has 6 heteroatoms. The highest BCUT2D eigenvalue weighted by molar-refractivity contribution is 7.99. The van der Waals surface area contributed by atoms with E-state index in [4.69, 9.17) is 4.74 Å². The Kier molecular flexibility index (Phi) is 5.53. The molecule has 0 unspecified atom stereocenters. The summed E-state index contributed by atoms with van der Waals surface area (Å²) in [6, 6.07) is 19.9. The topological polar surface area (TPSA) is 56.2 Å². The van der Waals surface area contributed by atoms with E-state index in [1.165, 1.54) is 11.8 Å². The fraction of sp³-hybridized carbons (Fsp3) is 0.130. The first kappa shape index (κ1) is 19.1. The summed E-state index contributed by atoms with van der Waals surface area (Å²) < 4.78 is 7.43. The Labute approximate surface area is 173 Å². The van der Waals surface area contributed by atoms with Gasteiger partial charge in [0.2, 0.25) is 5.91 Å². The third-order valence-corrected chi connectivity index (χ3v) is 5.56. The van der Waals surface area contributed by atoms with Crippen molar-refractivity contribution in [3.63, 3.8) is 0 Å². The predicted molar refractivity (Wildman–Crippen MR) is 118 cm³/mol. The SMILES string of the molecule is COc1ccc(C)cc1-n1ccnc1SCC(=O)Nc1cccc2ccccc12. The van der Waals surface area contributed by atoms with Crippen LogP contribution in [0.15, 0.2) is 78.2 Å². The number of rotatable bonds is 6. The molecule has 29 heavy (non-hydrogen) atoms. The van der Waals surface area contributed by atoms with E-state index in [1.54, 1.807) is 13.3 Å². The van der Waals surface area contributed by atoms with Crippen LogP contribution in [0, 0.1) is 6.92 Å². The van der Waals surface area contributed by atoms with Crippen molar-refractivity contribution in [1.29, 1.82) is 0 Å². The van der Waals surface area contributed by atoms with Gasteiger partial charge < -0.3 is 10.1 Å². The number of nitrogens with zero attached hydrogens (tertiary/aromatic N) is 2. The highest BCUT2D eigenvalue weighted by Gasteiger charge is 2.13. The molecule has 0 atom stereocenters. The molecule has 0 bridgehead atoms. The minimum atomic E-state index is -0.0721. The molecule has 0 aliphatic heterocycles. The van der Waals surface area contributed by atoms with Gasteiger partial charge in [0.1, 0.15) is 5.75 Å². The van der Waals surface area contributed by atoms with E-state index in [2.05, 4.69) is 10.3 Å². The lowest BCUT2D eigenvalue weighted by atomic mass is 10.1. The van der Waals surface area contributed by atoms with Crippen molar-refractivity contribution in [1.82, 2.24) is 9.55 Å². The van der Waals surface area contributed by atoms with Gasteiger partial charge in [-0.3, -0.25) is 9.36 Å². The van der Waals surface area contributed by atoms with Crippen LogP contribution in [0.1, 0.15) is 5.56 Å². The van der Waals surface area contributed by atoms with Gasteiger partial charge in [0, 0.05) is 23.5 Å². The fourth-order valence-corrected chi connectivity index (χ4v) is 3.98. The van der Waals surface area contributed by atoms with Crippen LogP contribution in [-0.2, 0) is 4.79 Å². The number of carbonyl (C=O) groups is 1. The average molecular weight is 404 g/mol. The molecule has 1 amide bonds. The van der Waals surface area contributed by atoms with Crippen molar-refractivity contribution >= 4 is 34.1 Å². The minimum Gasteiger partial charge on any atom is -0.495 e. The number of ether oxygens (including phenoxy) is 1. The van der Waals surface area contributed by atoms with Gasteiger partial charge in [0.25, 0.3) is 0 Å². The summed E-state index contributed by atoms with van der Waals surface area (Å²) in [6.45, 7) is 2.03. The zero-order valence-electron chi connectivity index (χ0n) is 16.3. The number of hydrogen-bond donors (Lipinski definition) is 1. The van der Waals surface area contributed by atoms with Crippen molar-refractivity contribution in [2.24, 2.45) is 0 Å². The number of nitrogens with one attached hydrogen (secondary N) is 1. The number of methoxy groups -OCH3 is 1. The predicted octanol–water partition coefficient (Wildman–Crippen LogP) is 5.07. The number of carbonyl (C=O) groups excluding carboxylic acids is 1. The molecule has 0 spiro atoms. The number of anilines is 1. The van der Waals surface area contributed by atoms with E-state index < -0.39 is 0 Å². The summed E-state index contributed by atoms with van der Waals surface area (Å²) in [5, 5.41) is 5.88. The Morgan fingerprint density at radius 3 is 2.83 bits per heavy atom. The van der Waals surface area contributed by atoms with Gasteiger partial charge >= 0.3 is 0 Å². The van der Waals surface area contributed by atoms with Gasteiger partial charge in [0.05, 0.1) is 18.6 Å². The Morgan fingerprint density at radius 2 is 1.97 bits per heavy atom. The Morgan fingerprint density at radius 1 is 1.14 bits per heavy atom. The second-order valence-corrected chi connectivity index (χ2v) is 7.56. The molecule has 0 radical (unpaired) electrons. The summed E-state index contributed by atoms with van der Waals surface area (Å²) in [6.07, 6.45) is 3.61. The summed E-state index contributed by atoms with van der Waals surface area (Å²) >= 11 is 1.39.